The van der Waals surface area contributed by atoms with Crippen molar-refractivity contribution in [3.63, 3.8) is 0 Å². The van der Waals surface area contributed by atoms with Gasteiger partial charge >= 0.3 is 6.18 Å². The largest absolute Gasteiger partial charge is 0.393 e. The van der Waals surface area contributed by atoms with Crippen LogP contribution in [-0.4, -0.2) is 36.1 Å². The highest BCUT2D eigenvalue weighted by molar-refractivity contribution is 9.10. The normalized spacial score (nSPS) is 21.0. The van der Waals surface area contributed by atoms with E-state index in [1.54, 1.807) is 17.9 Å². The number of nitrogens with zero attached hydrogens (tertiary/aromatic N) is 1. The summed E-state index contributed by atoms with van der Waals surface area (Å²) in [5.41, 5.74) is 1.67. The number of benzene rings is 1. The lowest BCUT2D eigenvalue weighted by atomic mass is 9.96. The van der Waals surface area contributed by atoms with E-state index in [4.69, 9.17) is 0 Å². The van der Waals surface area contributed by atoms with Crippen LogP contribution in [0.5, 0.6) is 0 Å². The van der Waals surface area contributed by atoms with Gasteiger partial charge in [-0.2, -0.15) is 13.2 Å². The van der Waals surface area contributed by atoms with Crippen LogP contribution in [0, 0.1) is 12.8 Å². The topological polar surface area (TPSA) is 32.3 Å². The summed E-state index contributed by atoms with van der Waals surface area (Å²) < 4.78 is 39.4. The number of carbonyl (C=O) groups is 1. The summed E-state index contributed by atoms with van der Waals surface area (Å²) in [6.45, 7) is 3.98. The molecule has 1 aliphatic rings. The maximum absolute atomic E-state index is 12.9. The third kappa shape index (κ3) is 4.70. The second kappa shape index (κ2) is 7.21. The van der Waals surface area contributed by atoms with Crippen LogP contribution >= 0.6 is 15.9 Å². The smallest absolute Gasteiger partial charge is 0.324 e. The van der Waals surface area contributed by atoms with Crippen molar-refractivity contribution >= 4 is 27.5 Å². The lowest BCUT2D eigenvalue weighted by Gasteiger charge is -2.36. The minimum Gasteiger partial charge on any atom is -0.324 e. The van der Waals surface area contributed by atoms with Crippen LogP contribution in [0.4, 0.5) is 18.9 Å². The molecule has 0 spiro atoms. The quantitative estimate of drug-likeness (QED) is 0.828. The molecule has 1 fully saturated rings. The molecular formula is C16H20BrF3N2O. The van der Waals surface area contributed by atoms with Gasteiger partial charge in [0.15, 0.2) is 0 Å². The van der Waals surface area contributed by atoms with Crippen molar-refractivity contribution in [2.75, 3.05) is 18.4 Å². The molecule has 1 aromatic carbocycles. The number of carbonyl (C=O) groups excluding carboxylic acids is 1. The van der Waals surface area contributed by atoms with Gasteiger partial charge in [-0.25, -0.2) is 0 Å². The standard InChI is InChI=1S/C16H20BrF3N2O/c1-10-5-6-14(13(17)8-10)21-15(23)11(2)22-7-3-4-12(9-22)16(18,19)20/h5-6,8,11-12H,3-4,7,9H2,1-2H3,(H,21,23)/t11-,12-/m0/s1. The van der Waals surface area contributed by atoms with Crippen molar-refractivity contribution in [1.82, 2.24) is 4.90 Å². The van der Waals surface area contributed by atoms with Gasteiger partial charge in [0, 0.05) is 11.0 Å². The molecule has 7 heteroatoms. The van der Waals surface area contributed by atoms with Gasteiger partial charge in [-0.15, -0.1) is 0 Å². The summed E-state index contributed by atoms with van der Waals surface area (Å²) in [7, 11) is 0. The number of anilines is 1. The monoisotopic (exact) mass is 392 g/mol. The third-order valence-corrected chi connectivity index (χ3v) is 4.88. The van der Waals surface area contributed by atoms with E-state index in [9.17, 15) is 18.0 Å². The number of alkyl halides is 3. The molecule has 1 saturated heterocycles. The van der Waals surface area contributed by atoms with E-state index in [2.05, 4.69) is 21.2 Å². The van der Waals surface area contributed by atoms with Crippen molar-refractivity contribution in [1.29, 1.82) is 0 Å². The Bertz CT molecular complexity index is 577. The lowest BCUT2D eigenvalue weighted by Crippen LogP contribution is -2.49. The Labute approximate surface area is 142 Å². The minimum atomic E-state index is -4.20. The van der Waals surface area contributed by atoms with Gasteiger partial charge in [-0.05, 0) is 66.9 Å². The second-order valence-corrected chi connectivity index (χ2v) is 6.88. The molecule has 1 aliphatic heterocycles. The Kier molecular flexibility index (Phi) is 5.73. The van der Waals surface area contributed by atoms with E-state index in [-0.39, 0.29) is 18.9 Å². The summed E-state index contributed by atoms with van der Waals surface area (Å²) in [5, 5.41) is 2.78. The zero-order valence-electron chi connectivity index (χ0n) is 13.1. The third-order valence-electron chi connectivity index (χ3n) is 4.23. The number of piperidine rings is 1. The molecule has 1 amide bonds. The molecule has 1 heterocycles. The maximum atomic E-state index is 12.9. The Hall–Kier alpha value is -1.08. The Morgan fingerprint density at radius 2 is 2.13 bits per heavy atom. The highest BCUT2D eigenvalue weighted by Crippen LogP contribution is 2.34. The number of halogens is 4. The second-order valence-electron chi connectivity index (χ2n) is 6.02. The van der Waals surface area contributed by atoms with Crippen LogP contribution in [0.15, 0.2) is 22.7 Å². The number of likely N-dealkylation sites (tertiary alicyclic amines) is 1. The highest BCUT2D eigenvalue weighted by Gasteiger charge is 2.43. The first-order valence-corrected chi connectivity index (χ1v) is 8.35. The van der Waals surface area contributed by atoms with E-state index in [1.807, 2.05) is 19.1 Å². The summed E-state index contributed by atoms with van der Waals surface area (Å²) in [4.78, 5) is 14.0. The van der Waals surface area contributed by atoms with Gasteiger partial charge in [0.05, 0.1) is 17.6 Å². The summed E-state index contributed by atoms with van der Waals surface area (Å²) in [5.74, 6) is -1.64. The molecule has 23 heavy (non-hydrogen) atoms. The van der Waals surface area contributed by atoms with Crippen LogP contribution in [0.25, 0.3) is 0 Å². The van der Waals surface area contributed by atoms with E-state index < -0.39 is 18.1 Å². The molecule has 128 valence electrons. The first kappa shape index (κ1) is 18.3. The molecule has 0 aromatic heterocycles. The molecule has 2 atom stereocenters. The number of amides is 1. The predicted octanol–water partition coefficient (Wildman–Crippen LogP) is 4.36. The predicted molar refractivity (Wildman–Crippen MR) is 87.3 cm³/mol. The van der Waals surface area contributed by atoms with Gasteiger partial charge in [-0.3, -0.25) is 9.69 Å². The van der Waals surface area contributed by atoms with Gasteiger partial charge in [-0.1, -0.05) is 6.07 Å². The summed E-state index contributed by atoms with van der Waals surface area (Å²) in [6.07, 6.45) is -3.61. The molecule has 0 bridgehead atoms. The lowest BCUT2D eigenvalue weighted by molar-refractivity contribution is -0.188. The van der Waals surface area contributed by atoms with Crippen LogP contribution in [0.2, 0.25) is 0 Å². The van der Waals surface area contributed by atoms with E-state index in [1.165, 1.54) is 0 Å². The maximum Gasteiger partial charge on any atom is 0.393 e. The molecule has 3 nitrogen and oxygen atoms in total. The van der Waals surface area contributed by atoms with Crippen molar-refractivity contribution in [2.24, 2.45) is 5.92 Å². The molecule has 1 aromatic rings. The molecule has 0 radical (unpaired) electrons. The average Bonchev–Trinajstić information content (AvgIpc) is 2.48. The van der Waals surface area contributed by atoms with E-state index in [0.717, 1.165) is 10.0 Å². The van der Waals surface area contributed by atoms with Gasteiger partial charge < -0.3 is 5.32 Å². The number of aryl methyl sites for hydroxylation is 1. The van der Waals surface area contributed by atoms with E-state index in [0.29, 0.717) is 18.7 Å². The fourth-order valence-electron chi connectivity index (χ4n) is 2.75. The van der Waals surface area contributed by atoms with Crippen molar-refractivity contribution in [2.45, 2.75) is 38.9 Å². The number of nitrogens with one attached hydrogen (secondary N) is 1. The summed E-state index contributed by atoms with van der Waals surface area (Å²) in [6, 6.07) is 4.92. The molecule has 0 unspecified atom stereocenters. The van der Waals surface area contributed by atoms with Crippen LogP contribution in [-0.2, 0) is 4.79 Å². The Morgan fingerprint density at radius 3 is 2.74 bits per heavy atom. The van der Waals surface area contributed by atoms with Crippen molar-refractivity contribution in [3.05, 3.63) is 28.2 Å². The van der Waals surface area contributed by atoms with Crippen molar-refractivity contribution < 1.29 is 18.0 Å². The molecule has 0 saturated carbocycles. The average molecular weight is 393 g/mol. The van der Waals surface area contributed by atoms with Crippen LogP contribution in [0.3, 0.4) is 0 Å². The molecular weight excluding hydrogens is 373 g/mol. The fourth-order valence-corrected chi connectivity index (χ4v) is 3.34. The van der Waals surface area contributed by atoms with Gasteiger partial charge in [0.1, 0.15) is 0 Å². The number of rotatable bonds is 3. The van der Waals surface area contributed by atoms with Gasteiger partial charge in [0.2, 0.25) is 5.91 Å². The van der Waals surface area contributed by atoms with Gasteiger partial charge in [0.25, 0.3) is 0 Å². The van der Waals surface area contributed by atoms with Crippen LogP contribution in [0.1, 0.15) is 25.3 Å². The Morgan fingerprint density at radius 1 is 1.43 bits per heavy atom. The Balaban J connectivity index is 2.01. The first-order chi connectivity index (χ1) is 10.7. The number of hydrogen-bond donors (Lipinski definition) is 1. The minimum absolute atomic E-state index is 0.118. The zero-order chi connectivity index (χ0) is 17.2. The SMILES string of the molecule is Cc1ccc(NC(=O)[C@H](C)N2CCC[C@H](C(F)(F)F)C2)c(Br)c1. The molecule has 0 aliphatic carbocycles. The van der Waals surface area contributed by atoms with Crippen LogP contribution < -0.4 is 5.32 Å². The fraction of sp³-hybridized carbons (Fsp3) is 0.562. The highest BCUT2D eigenvalue weighted by atomic mass is 79.9. The molecule has 1 N–H and O–H groups in total. The number of hydrogen-bond acceptors (Lipinski definition) is 2. The molecule has 2 rings (SSSR count). The summed E-state index contributed by atoms with van der Waals surface area (Å²) >= 11 is 3.38. The van der Waals surface area contributed by atoms with Crippen molar-refractivity contribution in [3.8, 4) is 0 Å². The first-order valence-electron chi connectivity index (χ1n) is 7.56. The zero-order valence-corrected chi connectivity index (χ0v) is 14.7. The van der Waals surface area contributed by atoms with E-state index >= 15 is 0 Å².